The lowest BCUT2D eigenvalue weighted by Crippen LogP contribution is -2.46. The molecule has 4 heteroatoms. The van der Waals surface area contributed by atoms with Crippen molar-refractivity contribution in [1.82, 2.24) is 0 Å². The van der Waals surface area contributed by atoms with Gasteiger partial charge in [0.05, 0.1) is 6.42 Å². The van der Waals surface area contributed by atoms with E-state index < -0.39 is 11.8 Å². The zero-order valence-corrected chi connectivity index (χ0v) is 16.5. The Morgan fingerprint density at radius 3 is 2.00 bits per heavy atom. The number of carboxylic acid groups (broad SMARTS) is 1. The first-order chi connectivity index (χ1) is 15.1. The predicted octanol–water partition coefficient (Wildman–Crippen LogP) is 6.05. The molecule has 31 heavy (non-hydrogen) atoms. The molecule has 2 aliphatic rings. The lowest BCUT2D eigenvalue weighted by atomic mass is 9.90. The molecule has 0 saturated heterocycles. The van der Waals surface area contributed by atoms with E-state index in [1.54, 1.807) is 0 Å². The van der Waals surface area contributed by atoms with Crippen molar-refractivity contribution in [2.24, 2.45) is 0 Å². The van der Waals surface area contributed by atoms with Crippen LogP contribution in [0.15, 0.2) is 84.4 Å². The minimum Gasteiger partial charge on any atom is -0.481 e. The molecule has 150 valence electrons. The Morgan fingerprint density at radius 1 is 0.774 bits per heavy atom. The smallest absolute Gasteiger partial charge is 0.307 e. The van der Waals surface area contributed by atoms with Gasteiger partial charge >= 0.3 is 5.97 Å². The first kappa shape index (κ1) is 17.8. The summed E-state index contributed by atoms with van der Waals surface area (Å²) >= 11 is 0. The molecule has 6 rings (SSSR count). The van der Waals surface area contributed by atoms with Crippen molar-refractivity contribution in [2.45, 2.75) is 12.2 Å². The van der Waals surface area contributed by atoms with E-state index in [0.717, 1.165) is 32.7 Å². The zero-order valence-electron chi connectivity index (χ0n) is 16.5. The summed E-state index contributed by atoms with van der Waals surface area (Å²) in [6.07, 6.45) is 5.53. The van der Waals surface area contributed by atoms with Crippen LogP contribution in [-0.4, -0.2) is 16.9 Å². The highest BCUT2D eigenvalue weighted by molar-refractivity contribution is 5.96. The van der Waals surface area contributed by atoms with Gasteiger partial charge in [0.2, 0.25) is 0 Å². The highest BCUT2D eigenvalue weighted by Gasteiger charge is 2.43. The number of benzene rings is 4. The zero-order chi connectivity index (χ0) is 21.0. The number of fused-ring (bicyclic) bond motifs is 6. The van der Waals surface area contributed by atoms with E-state index in [1.807, 2.05) is 78.9 Å². The Hall–Kier alpha value is -4.05. The fourth-order valence-electron chi connectivity index (χ4n) is 4.51. The van der Waals surface area contributed by atoms with Crippen molar-refractivity contribution in [3.63, 3.8) is 0 Å². The van der Waals surface area contributed by atoms with E-state index in [4.69, 9.17) is 9.47 Å². The third-order valence-electron chi connectivity index (χ3n) is 5.96. The summed E-state index contributed by atoms with van der Waals surface area (Å²) < 4.78 is 12.8. The molecule has 4 aromatic carbocycles. The van der Waals surface area contributed by atoms with E-state index in [-0.39, 0.29) is 6.42 Å². The van der Waals surface area contributed by atoms with Gasteiger partial charge in [-0.25, -0.2) is 0 Å². The summed E-state index contributed by atoms with van der Waals surface area (Å²) in [5.41, 5.74) is 2.39. The molecular formula is C27H18O4. The van der Waals surface area contributed by atoms with Crippen molar-refractivity contribution >= 4 is 39.7 Å². The van der Waals surface area contributed by atoms with Gasteiger partial charge in [-0.15, -0.1) is 0 Å². The van der Waals surface area contributed by atoms with Crippen molar-refractivity contribution in [3.8, 4) is 11.5 Å². The molecule has 0 aromatic heterocycles. The largest absolute Gasteiger partial charge is 0.481 e. The van der Waals surface area contributed by atoms with E-state index >= 15 is 0 Å². The lowest BCUT2D eigenvalue weighted by Gasteiger charge is -2.39. The summed E-state index contributed by atoms with van der Waals surface area (Å²) in [7, 11) is 0. The summed E-state index contributed by atoms with van der Waals surface area (Å²) in [5.74, 6) is -0.883. The van der Waals surface area contributed by atoms with E-state index in [9.17, 15) is 9.90 Å². The molecule has 0 amide bonds. The van der Waals surface area contributed by atoms with Gasteiger partial charge in [-0.2, -0.15) is 0 Å². The normalized spacial score (nSPS) is 18.8. The molecule has 0 unspecified atom stereocenters. The summed E-state index contributed by atoms with van der Waals surface area (Å²) in [4.78, 5) is 11.7. The van der Waals surface area contributed by atoms with Gasteiger partial charge in [0.25, 0.3) is 5.79 Å². The molecule has 1 N–H and O–H groups in total. The van der Waals surface area contributed by atoms with Crippen LogP contribution < -0.4 is 9.47 Å². The number of carbonyl (C=O) groups is 1. The third kappa shape index (κ3) is 2.72. The van der Waals surface area contributed by atoms with Gasteiger partial charge in [-0.1, -0.05) is 60.7 Å². The molecule has 1 spiro atoms. The molecule has 2 aliphatic heterocycles. The standard InChI is InChI=1S/C27H18O4/c28-26(29)16-19-15-23-21-8-4-2-6-18(21)10-12-25(23)31-27(19)14-13-22-20-7-3-1-5-17(20)9-11-24(22)30-27/h1-15H,16H2,(H,28,29)/t27-/m0/s1. The number of hydrogen-bond donors (Lipinski definition) is 1. The first-order valence-electron chi connectivity index (χ1n) is 10.2. The second-order valence-corrected chi connectivity index (χ2v) is 7.84. The number of ether oxygens (including phenoxy) is 2. The van der Waals surface area contributed by atoms with E-state index in [1.165, 1.54) is 0 Å². The molecule has 4 nitrogen and oxygen atoms in total. The van der Waals surface area contributed by atoms with Crippen LogP contribution in [0.5, 0.6) is 11.5 Å². The Bertz CT molecular complexity index is 1440. The van der Waals surface area contributed by atoms with Crippen molar-refractivity contribution in [3.05, 3.63) is 95.6 Å². The molecule has 1 atom stereocenters. The van der Waals surface area contributed by atoms with Crippen LogP contribution in [0.3, 0.4) is 0 Å². The Kier molecular flexibility index (Phi) is 3.71. The maximum absolute atomic E-state index is 11.7. The number of rotatable bonds is 2. The highest BCUT2D eigenvalue weighted by Crippen LogP contribution is 2.46. The minimum atomic E-state index is -1.29. The molecule has 0 radical (unpaired) electrons. The third-order valence-corrected chi connectivity index (χ3v) is 5.96. The van der Waals surface area contributed by atoms with Gasteiger partial charge in [-0.05, 0) is 45.8 Å². The van der Waals surface area contributed by atoms with Crippen LogP contribution in [0.25, 0.3) is 33.7 Å². The molecule has 0 aliphatic carbocycles. The summed E-state index contributed by atoms with van der Waals surface area (Å²) in [6, 6.07) is 24.0. The maximum atomic E-state index is 11.7. The number of hydrogen-bond acceptors (Lipinski definition) is 3. The van der Waals surface area contributed by atoms with Crippen LogP contribution in [0.1, 0.15) is 17.5 Å². The Morgan fingerprint density at radius 2 is 1.35 bits per heavy atom. The van der Waals surface area contributed by atoms with Gasteiger partial charge in [0.15, 0.2) is 0 Å². The number of carboxylic acids is 1. The van der Waals surface area contributed by atoms with Crippen LogP contribution in [0.4, 0.5) is 0 Å². The fraction of sp³-hybridized carbons (Fsp3) is 0.0741. The molecular weight excluding hydrogens is 388 g/mol. The number of aliphatic carboxylic acids is 1. The lowest BCUT2D eigenvalue weighted by molar-refractivity contribution is -0.137. The molecule has 0 bridgehead atoms. The van der Waals surface area contributed by atoms with Crippen LogP contribution in [-0.2, 0) is 4.79 Å². The maximum Gasteiger partial charge on any atom is 0.307 e. The van der Waals surface area contributed by atoms with Gasteiger partial charge < -0.3 is 14.6 Å². The predicted molar refractivity (Wildman–Crippen MR) is 121 cm³/mol. The van der Waals surface area contributed by atoms with Crippen molar-refractivity contribution < 1.29 is 19.4 Å². The van der Waals surface area contributed by atoms with E-state index in [0.29, 0.717) is 17.1 Å². The van der Waals surface area contributed by atoms with Crippen LogP contribution >= 0.6 is 0 Å². The van der Waals surface area contributed by atoms with Crippen LogP contribution in [0, 0.1) is 0 Å². The molecule has 2 heterocycles. The quantitative estimate of drug-likeness (QED) is 0.441. The summed E-state index contributed by atoms with van der Waals surface area (Å²) in [5, 5.41) is 13.9. The Labute approximate surface area is 178 Å². The monoisotopic (exact) mass is 406 g/mol. The van der Waals surface area contributed by atoms with E-state index in [2.05, 4.69) is 12.1 Å². The topological polar surface area (TPSA) is 55.8 Å². The van der Waals surface area contributed by atoms with Crippen molar-refractivity contribution in [2.75, 3.05) is 0 Å². The van der Waals surface area contributed by atoms with Gasteiger partial charge in [0, 0.05) is 22.8 Å². The molecule has 0 fully saturated rings. The first-order valence-corrected chi connectivity index (χ1v) is 10.2. The molecule has 0 saturated carbocycles. The highest BCUT2D eigenvalue weighted by atomic mass is 16.7. The van der Waals surface area contributed by atoms with Crippen molar-refractivity contribution in [1.29, 1.82) is 0 Å². The second-order valence-electron chi connectivity index (χ2n) is 7.84. The second kappa shape index (κ2) is 6.47. The minimum absolute atomic E-state index is 0.185. The summed E-state index contributed by atoms with van der Waals surface area (Å²) in [6.45, 7) is 0. The van der Waals surface area contributed by atoms with Gasteiger partial charge in [0.1, 0.15) is 11.5 Å². The molecule has 4 aromatic rings. The Balaban J connectivity index is 1.53. The van der Waals surface area contributed by atoms with Gasteiger partial charge in [-0.3, -0.25) is 4.79 Å². The fourth-order valence-corrected chi connectivity index (χ4v) is 4.51. The average molecular weight is 406 g/mol. The average Bonchev–Trinajstić information content (AvgIpc) is 2.79. The van der Waals surface area contributed by atoms with Crippen LogP contribution in [0.2, 0.25) is 0 Å². The SMILES string of the molecule is O=C(O)CC1=Cc2c(ccc3ccccc23)O[C@@]12C=Cc1c(ccc3ccccc13)O2.